The summed E-state index contributed by atoms with van der Waals surface area (Å²) in [4.78, 5) is 0. The number of benzene rings is 1. The van der Waals surface area contributed by atoms with E-state index in [-0.39, 0.29) is 0 Å². The van der Waals surface area contributed by atoms with Crippen LogP contribution in [0, 0.1) is 31.6 Å². The molecule has 1 aliphatic carbocycles. The molecule has 0 N–H and O–H groups in total. The lowest BCUT2D eigenvalue weighted by molar-refractivity contribution is 0.000267. The summed E-state index contributed by atoms with van der Waals surface area (Å²) in [5, 5.41) is 0. The molecule has 2 atom stereocenters. The molecule has 0 aromatic heterocycles. The van der Waals surface area contributed by atoms with Gasteiger partial charge in [0.15, 0.2) is 0 Å². The Hall–Kier alpha value is -0.820. The van der Waals surface area contributed by atoms with Crippen molar-refractivity contribution in [3.63, 3.8) is 0 Å². The molecule has 0 bridgehead atoms. The van der Waals surface area contributed by atoms with Crippen molar-refractivity contribution in [2.45, 2.75) is 86.2 Å². The van der Waals surface area contributed by atoms with Crippen LogP contribution in [0.4, 0.5) is 0 Å². The van der Waals surface area contributed by atoms with E-state index in [1.807, 2.05) is 0 Å². The van der Waals surface area contributed by atoms with E-state index in [9.17, 15) is 0 Å². The van der Waals surface area contributed by atoms with Gasteiger partial charge < -0.3 is 4.74 Å². The van der Waals surface area contributed by atoms with Crippen LogP contribution in [0.1, 0.15) is 77.3 Å². The van der Waals surface area contributed by atoms with E-state index in [0.717, 1.165) is 24.4 Å². The molecule has 0 amide bonds. The topological polar surface area (TPSA) is 9.23 Å². The maximum atomic E-state index is 5.39. The first-order valence-electron chi connectivity index (χ1n) is 10.0. The lowest BCUT2D eigenvalue weighted by Crippen LogP contribution is -2.21. The second-order valence-electron chi connectivity index (χ2n) is 8.35. The first kappa shape index (κ1) is 21.2. The minimum Gasteiger partial charge on any atom is -0.378 e. The van der Waals surface area contributed by atoms with Gasteiger partial charge in [0.1, 0.15) is 0 Å². The van der Waals surface area contributed by atoms with Crippen molar-refractivity contribution in [1.82, 2.24) is 0 Å². The van der Waals surface area contributed by atoms with Gasteiger partial charge in [-0.25, -0.2) is 0 Å². The summed E-state index contributed by atoms with van der Waals surface area (Å²) in [7, 11) is 0. The summed E-state index contributed by atoms with van der Waals surface area (Å²) in [5.74, 6) is 2.84. The second-order valence-corrected chi connectivity index (χ2v) is 8.35. The molecule has 1 aliphatic heterocycles. The molecule has 1 nitrogen and oxygen atoms in total. The van der Waals surface area contributed by atoms with E-state index >= 15 is 0 Å². The largest absolute Gasteiger partial charge is 0.378 e. The minimum atomic E-state index is 0.520. The van der Waals surface area contributed by atoms with E-state index in [0.29, 0.717) is 6.10 Å². The van der Waals surface area contributed by atoms with Gasteiger partial charge in [-0.3, -0.25) is 0 Å². The van der Waals surface area contributed by atoms with E-state index < -0.39 is 0 Å². The number of aryl methyl sites for hydroxylation is 2. The van der Waals surface area contributed by atoms with Crippen molar-refractivity contribution in [3.8, 4) is 0 Å². The van der Waals surface area contributed by atoms with Crippen molar-refractivity contribution < 1.29 is 4.74 Å². The summed E-state index contributed by atoms with van der Waals surface area (Å²) < 4.78 is 5.39. The van der Waals surface area contributed by atoms with Crippen molar-refractivity contribution in [2.24, 2.45) is 17.8 Å². The lowest BCUT2D eigenvalue weighted by Gasteiger charge is -2.23. The maximum Gasteiger partial charge on any atom is 0.0547 e. The molecule has 3 rings (SSSR count). The molecule has 0 radical (unpaired) electrons. The van der Waals surface area contributed by atoms with Crippen LogP contribution >= 0.6 is 0 Å². The second kappa shape index (κ2) is 11.7. The van der Waals surface area contributed by atoms with E-state index in [4.69, 9.17) is 4.74 Å². The third-order valence-electron chi connectivity index (χ3n) is 5.25. The molecule has 0 spiro atoms. The number of hydrogen-bond acceptors (Lipinski definition) is 1. The summed E-state index contributed by atoms with van der Waals surface area (Å²) in [6, 6.07) is 8.48. The molecule has 1 saturated carbocycles. The van der Waals surface area contributed by atoms with Gasteiger partial charge in [-0.2, -0.15) is 0 Å². The smallest absolute Gasteiger partial charge is 0.0547 e. The zero-order valence-electron chi connectivity index (χ0n) is 17.0. The molecule has 2 unspecified atom stereocenters. The SMILES string of the molecule is CC1CCC(C)CC1.CC1CCC(C)OC1.Cc1ccc(C)cc1. The molecule has 1 saturated heterocycles. The molecule has 138 valence electrons. The van der Waals surface area contributed by atoms with E-state index in [2.05, 4.69) is 65.8 Å². The zero-order chi connectivity index (χ0) is 17.9. The highest BCUT2D eigenvalue weighted by atomic mass is 16.5. The highest BCUT2D eigenvalue weighted by Crippen LogP contribution is 2.27. The molecule has 2 aliphatic rings. The molecular formula is C23H40O. The van der Waals surface area contributed by atoms with Gasteiger partial charge in [0, 0.05) is 6.61 Å². The molecule has 1 heteroatoms. The Morgan fingerprint density at radius 1 is 0.625 bits per heavy atom. The molecular weight excluding hydrogens is 292 g/mol. The Balaban J connectivity index is 0.000000180. The zero-order valence-corrected chi connectivity index (χ0v) is 17.0. The Morgan fingerprint density at radius 2 is 1.00 bits per heavy atom. The Bertz CT molecular complexity index is 345. The van der Waals surface area contributed by atoms with Crippen LogP contribution in [0.3, 0.4) is 0 Å². The standard InChI is InChI=1S/C8H16.C8H10.C7H14O/c2*1-7-3-5-8(2)6-4-7;1-6-3-4-7(2)8-5-6/h7-8H,3-6H2,1-2H3;3-6H,1-2H3;6-7H,3-5H2,1-2H3. The van der Waals surface area contributed by atoms with Crippen molar-refractivity contribution in [2.75, 3.05) is 6.61 Å². The van der Waals surface area contributed by atoms with Gasteiger partial charge in [0.2, 0.25) is 0 Å². The van der Waals surface area contributed by atoms with Crippen molar-refractivity contribution in [1.29, 1.82) is 0 Å². The summed E-state index contributed by atoms with van der Waals surface area (Å²) in [5.41, 5.74) is 2.66. The van der Waals surface area contributed by atoms with Gasteiger partial charge in [-0.05, 0) is 51.4 Å². The van der Waals surface area contributed by atoms with Crippen molar-refractivity contribution >= 4 is 0 Å². The van der Waals surface area contributed by atoms with Crippen LogP contribution in [0.5, 0.6) is 0 Å². The van der Waals surface area contributed by atoms with Gasteiger partial charge in [-0.1, -0.05) is 81.8 Å². The highest BCUT2D eigenvalue weighted by Gasteiger charge is 2.13. The highest BCUT2D eigenvalue weighted by molar-refractivity contribution is 5.19. The minimum absolute atomic E-state index is 0.520. The van der Waals surface area contributed by atoms with Gasteiger partial charge in [0.05, 0.1) is 6.10 Å². The van der Waals surface area contributed by atoms with Gasteiger partial charge in [0.25, 0.3) is 0 Å². The van der Waals surface area contributed by atoms with Crippen LogP contribution in [0.15, 0.2) is 24.3 Å². The predicted molar refractivity (Wildman–Crippen MR) is 107 cm³/mol. The van der Waals surface area contributed by atoms with Crippen LogP contribution in [0.2, 0.25) is 0 Å². The van der Waals surface area contributed by atoms with Crippen LogP contribution in [-0.2, 0) is 4.74 Å². The molecule has 2 fully saturated rings. The van der Waals surface area contributed by atoms with Crippen LogP contribution in [0.25, 0.3) is 0 Å². The molecule has 1 aromatic carbocycles. The van der Waals surface area contributed by atoms with Gasteiger partial charge >= 0.3 is 0 Å². The van der Waals surface area contributed by atoms with Crippen LogP contribution in [-0.4, -0.2) is 12.7 Å². The maximum absolute atomic E-state index is 5.39. The lowest BCUT2D eigenvalue weighted by atomic mass is 9.84. The third kappa shape index (κ3) is 10.1. The fourth-order valence-electron chi connectivity index (χ4n) is 3.08. The first-order chi connectivity index (χ1) is 11.4. The third-order valence-corrected chi connectivity index (χ3v) is 5.25. The molecule has 1 heterocycles. The predicted octanol–water partition coefficient (Wildman–Crippen LogP) is 6.96. The summed E-state index contributed by atoms with van der Waals surface area (Å²) in [6.45, 7) is 14.3. The summed E-state index contributed by atoms with van der Waals surface area (Å²) >= 11 is 0. The number of ether oxygens (including phenoxy) is 1. The van der Waals surface area contributed by atoms with Crippen molar-refractivity contribution in [3.05, 3.63) is 35.4 Å². The molecule has 1 aromatic rings. The fraction of sp³-hybridized carbons (Fsp3) is 0.739. The average Bonchev–Trinajstić information content (AvgIpc) is 2.57. The Labute approximate surface area is 151 Å². The monoisotopic (exact) mass is 332 g/mol. The quantitative estimate of drug-likeness (QED) is 0.499. The molecule has 24 heavy (non-hydrogen) atoms. The Kier molecular flexibility index (Phi) is 10.3. The first-order valence-corrected chi connectivity index (χ1v) is 10.0. The van der Waals surface area contributed by atoms with Crippen LogP contribution < -0.4 is 0 Å². The normalized spacial score (nSPS) is 29.6. The summed E-state index contributed by atoms with van der Waals surface area (Å²) in [6.07, 6.45) is 9.01. The average molecular weight is 333 g/mol. The van der Waals surface area contributed by atoms with E-state index in [1.54, 1.807) is 0 Å². The number of rotatable bonds is 0. The fourth-order valence-corrected chi connectivity index (χ4v) is 3.08. The Morgan fingerprint density at radius 3 is 1.29 bits per heavy atom. The van der Waals surface area contributed by atoms with E-state index in [1.165, 1.54) is 49.7 Å². The van der Waals surface area contributed by atoms with Gasteiger partial charge in [-0.15, -0.1) is 0 Å². The number of hydrogen-bond donors (Lipinski definition) is 0.